The first kappa shape index (κ1) is 15.1. The average molecular weight is 258 g/mol. The van der Waals surface area contributed by atoms with E-state index in [4.69, 9.17) is 17.0 Å². The minimum Gasteiger partial charge on any atom is -0.497 e. The number of methoxy groups -OCH3 is 1. The largest absolute Gasteiger partial charge is 0.497 e. The van der Waals surface area contributed by atoms with Crippen LogP contribution in [0.3, 0.4) is 0 Å². The van der Waals surface area contributed by atoms with Crippen LogP contribution in [0.15, 0.2) is 24.3 Å². The Labute approximate surface area is 109 Å². The summed E-state index contributed by atoms with van der Waals surface area (Å²) in [6, 6.07) is 7.96. The summed E-state index contributed by atoms with van der Waals surface area (Å²) in [7, 11) is 1.65. The van der Waals surface area contributed by atoms with E-state index in [0.29, 0.717) is 11.2 Å². The molecule has 1 rings (SSSR count). The van der Waals surface area contributed by atoms with Crippen LogP contribution in [0.25, 0.3) is 0 Å². The van der Waals surface area contributed by atoms with Crippen LogP contribution in [0, 0.1) is 0 Å². The van der Waals surface area contributed by atoms with Crippen molar-refractivity contribution in [3.63, 3.8) is 0 Å². The van der Waals surface area contributed by atoms with Gasteiger partial charge in [-0.2, -0.15) is 13.5 Å². The van der Waals surface area contributed by atoms with E-state index in [1.807, 2.05) is 38.1 Å². The van der Waals surface area contributed by atoms with Gasteiger partial charge in [0.1, 0.15) is 5.75 Å². The normalized spacial score (nSPS) is 9.25. The molecule has 0 unspecified atom stereocenters. The Bertz CT molecular complexity index is 325. The lowest BCUT2D eigenvalue weighted by Crippen LogP contribution is -2.33. The molecule has 0 saturated carbocycles. The van der Waals surface area contributed by atoms with Crippen molar-refractivity contribution in [1.82, 2.24) is 5.32 Å². The molecule has 16 heavy (non-hydrogen) atoms. The van der Waals surface area contributed by atoms with Gasteiger partial charge < -0.3 is 15.4 Å². The number of nitrogens with one attached hydrogen (secondary N) is 2. The van der Waals surface area contributed by atoms with Gasteiger partial charge in [-0.1, -0.05) is 0 Å². The lowest BCUT2D eigenvalue weighted by Gasteiger charge is -2.13. The Morgan fingerprint density at radius 2 is 1.81 bits per heavy atom. The van der Waals surface area contributed by atoms with Crippen LogP contribution in [-0.2, 0) is 0 Å². The Kier molecular flexibility index (Phi) is 6.92. The lowest BCUT2D eigenvalue weighted by molar-refractivity contribution is 0.415. The zero-order chi connectivity index (χ0) is 11.3. The molecule has 0 atom stereocenters. The quantitative estimate of drug-likeness (QED) is 0.816. The molecule has 0 aromatic heterocycles. The summed E-state index contributed by atoms with van der Waals surface area (Å²) in [6.07, 6.45) is 0. The Balaban J connectivity index is 0.00000225. The second kappa shape index (κ2) is 7.35. The van der Waals surface area contributed by atoms with E-state index in [2.05, 4.69) is 10.6 Å². The second-order valence-corrected chi connectivity index (χ2v) is 3.89. The van der Waals surface area contributed by atoms with Crippen LogP contribution in [0.4, 0.5) is 5.69 Å². The SMILES string of the molecule is COc1ccc(NC(=S)NC(C)C)cc1.S. The topological polar surface area (TPSA) is 33.3 Å². The number of rotatable bonds is 3. The van der Waals surface area contributed by atoms with Crippen molar-refractivity contribution in [2.24, 2.45) is 0 Å². The summed E-state index contributed by atoms with van der Waals surface area (Å²) < 4.78 is 5.06. The molecule has 2 N–H and O–H groups in total. The van der Waals surface area contributed by atoms with Crippen LogP contribution in [0.2, 0.25) is 0 Å². The van der Waals surface area contributed by atoms with Gasteiger partial charge in [-0.25, -0.2) is 0 Å². The number of benzene rings is 1. The highest BCUT2D eigenvalue weighted by Crippen LogP contribution is 2.14. The first-order chi connectivity index (χ1) is 7.11. The van der Waals surface area contributed by atoms with Crippen LogP contribution in [-0.4, -0.2) is 18.3 Å². The van der Waals surface area contributed by atoms with Crippen LogP contribution >= 0.6 is 25.7 Å². The fourth-order valence-corrected chi connectivity index (χ4v) is 1.46. The summed E-state index contributed by atoms with van der Waals surface area (Å²) in [6.45, 7) is 4.09. The Morgan fingerprint density at radius 3 is 2.25 bits per heavy atom. The molecule has 1 aromatic rings. The van der Waals surface area contributed by atoms with E-state index < -0.39 is 0 Å². The van der Waals surface area contributed by atoms with Gasteiger partial charge in [-0.3, -0.25) is 0 Å². The van der Waals surface area contributed by atoms with Gasteiger partial charge in [-0.05, 0) is 50.3 Å². The number of hydrogen-bond donors (Lipinski definition) is 2. The molecule has 3 nitrogen and oxygen atoms in total. The highest BCUT2D eigenvalue weighted by atomic mass is 32.1. The Hall–Kier alpha value is -0.940. The fourth-order valence-electron chi connectivity index (χ4n) is 1.10. The summed E-state index contributed by atoms with van der Waals surface area (Å²) in [5.41, 5.74) is 0.953. The van der Waals surface area contributed by atoms with Gasteiger partial charge in [0.15, 0.2) is 5.11 Å². The zero-order valence-electron chi connectivity index (χ0n) is 9.70. The maximum Gasteiger partial charge on any atom is 0.170 e. The highest BCUT2D eigenvalue weighted by Gasteiger charge is 1.99. The lowest BCUT2D eigenvalue weighted by atomic mass is 10.3. The highest BCUT2D eigenvalue weighted by molar-refractivity contribution is 7.80. The predicted octanol–water partition coefficient (Wildman–Crippen LogP) is 2.50. The number of hydrogen-bond acceptors (Lipinski definition) is 2. The minimum absolute atomic E-state index is 0. The Morgan fingerprint density at radius 1 is 1.25 bits per heavy atom. The minimum atomic E-state index is 0. The van der Waals surface area contributed by atoms with Gasteiger partial charge in [-0.15, -0.1) is 0 Å². The molecule has 5 heteroatoms. The third-order valence-electron chi connectivity index (χ3n) is 1.77. The van der Waals surface area contributed by atoms with E-state index in [1.54, 1.807) is 7.11 Å². The van der Waals surface area contributed by atoms with Crippen LogP contribution in [0.1, 0.15) is 13.8 Å². The molecule has 0 bridgehead atoms. The summed E-state index contributed by atoms with van der Waals surface area (Å²) >= 11 is 5.12. The van der Waals surface area contributed by atoms with E-state index in [1.165, 1.54) is 0 Å². The van der Waals surface area contributed by atoms with Crippen molar-refractivity contribution in [2.75, 3.05) is 12.4 Å². The standard InChI is InChI=1S/C11H16N2OS.H2S/c1-8(2)12-11(15)13-9-4-6-10(14-3)7-5-9;/h4-8H,1-3H3,(H2,12,13,15);1H2. The van der Waals surface area contributed by atoms with E-state index in [9.17, 15) is 0 Å². The molecule has 0 fully saturated rings. The third kappa shape index (κ3) is 5.23. The smallest absolute Gasteiger partial charge is 0.170 e. The monoisotopic (exact) mass is 258 g/mol. The molecular formula is C11H18N2OS2. The molecular weight excluding hydrogens is 240 g/mol. The molecule has 0 spiro atoms. The predicted molar refractivity (Wildman–Crippen MR) is 77.9 cm³/mol. The van der Waals surface area contributed by atoms with E-state index >= 15 is 0 Å². The molecule has 0 saturated heterocycles. The van der Waals surface area contributed by atoms with Gasteiger partial charge in [0.2, 0.25) is 0 Å². The van der Waals surface area contributed by atoms with Crippen molar-refractivity contribution < 1.29 is 4.74 Å². The van der Waals surface area contributed by atoms with Gasteiger partial charge in [0.05, 0.1) is 7.11 Å². The van der Waals surface area contributed by atoms with Crippen molar-refractivity contribution in [3.05, 3.63) is 24.3 Å². The van der Waals surface area contributed by atoms with E-state index in [0.717, 1.165) is 11.4 Å². The average Bonchev–Trinajstić information content (AvgIpc) is 2.17. The molecule has 0 heterocycles. The van der Waals surface area contributed by atoms with Crippen molar-refractivity contribution in [1.29, 1.82) is 0 Å². The van der Waals surface area contributed by atoms with E-state index in [-0.39, 0.29) is 13.5 Å². The molecule has 0 aliphatic heterocycles. The number of anilines is 1. The zero-order valence-corrected chi connectivity index (χ0v) is 11.5. The third-order valence-corrected chi connectivity index (χ3v) is 1.99. The molecule has 90 valence electrons. The maximum atomic E-state index is 5.12. The van der Waals surface area contributed by atoms with Crippen LogP contribution < -0.4 is 15.4 Å². The van der Waals surface area contributed by atoms with Gasteiger partial charge in [0, 0.05) is 11.7 Å². The van der Waals surface area contributed by atoms with Crippen molar-refractivity contribution >= 4 is 36.5 Å². The fraction of sp³-hybridized carbons (Fsp3) is 0.364. The summed E-state index contributed by atoms with van der Waals surface area (Å²) in [5, 5.41) is 6.83. The molecule has 1 aromatic carbocycles. The maximum absolute atomic E-state index is 5.12. The second-order valence-electron chi connectivity index (χ2n) is 3.48. The van der Waals surface area contributed by atoms with Crippen molar-refractivity contribution in [2.45, 2.75) is 19.9 Å². The molecule has 0 aliphatic carbocycles. The van der Waals surface area contributed by atoms with Gasteiger partial charge >= 0.3 is 0 Å². The van der Waals surface area contributed by atoms with Gasteiger partial charge in [0.25, 0.3) is 0 Å². The van der Waals surface area contributed by atoms with Crippen molar-refractivity contribution in [3.8, 4) is 5.75 Å². The molecule has 0 amide bonds. The summed E-state index contributed by atoms with van der Waals surface area (Å²) in [4.78, 5) is 0. The molecule has 0 radical (unpaired) electrons. The van der Waals surface area contributed by atoms with Crippen LogP contribution in [0.5, 0.6) is 5.75 Å². The first-order valence-electron chi connectivity index (χ1n) is 4.83. The first-order valence-corrected chi connectivity index (χ1v) is 5.24. The number of thiocarbonyl (C=S) groups is 1. The number of ether oxygens (including phenoxy) is 1. The summed E-state index contributed by atoms with van der Waals surface area (Å²) in [5.74, 6) is 0.836. The molecule has 0 aliphatic rings.